The van der Waals surface area contributed by atoms with E-state index in [0.29, 0.717) is 5.69 Å². The van der Waals surface area contributed by atoms with Crippen molar-refractivity contribution in [2.24, 2.45) is 11.8 Å². The zero-order chi connectivity index (χ0) is 24.1. The number of methoxy groups -OCH3 is 1. The molecule has 0 aliphatic heterocycles. The van der Waals surface area contributed by atoms with E-state index in [1.165, 1.54) is 56.5 Å². The van der Waals surface area contributed by atoms with Gasteiger partial charge in [-0.25, -0.2) is 8.42 Å². The van der Waals surface area contributed by atoms with Crippen LogP contribution in [0.15, 0.2) is 47.4 Å². The van der Waals surface area contributed by atoms with E-state index in [-0.39, 0.29) is 39.8 Å². The van der Waals surface area contributed by atoms with Crippen LogP contribution in [0.2, 0.25) is 0 Å². The summed E-state index contributed by atoms with van der Waals surface area (Å²) in [4.78, 5) is 12.3. The Hall–Kier alpha value is -2.38. The molecule has 0 fully saturated rings. The molecule has 0 bridgehead atoms. The number of anilines is 2. The van der Waals surface area contributed by atoms with Gasteiger partial charge in [-0.2, -0.15) is 4.39 Å². The van der Waals surface area contributed by atoms with Gasteiger partial charge in [0, 0.05) is 30.7 Å². The van der Waals surface area contributed by atoms with Crippen molar-refractivity contribution < 1.29 is 27.1 Å². The van der Waals surface area contributed by atoms with E-state index in [1.807, 2.05) is 30.0 Å². The number of nitrogens with one attached hydrogen (secondary N) is 2. The molecule has 32 heavy (non-hydrogen) atoms. The van der Waals surface area contributed by atoms with Crippen molar-refractivity contribution in [3.63, 3.8) is 0 Å². The molecular weight excluding hydrogens is 454 g/mol. The summed E-state index contributed by atoms with van der Waals surface area (Å²) in [5, 5.41) is 2.80. The molecule has 10 heteroatoms. The Kier molecular flexibility index (Phi) is 8.48. The summed E-state index contributed by atoms with van der Waals surface area (Å²) in [5.74, 6) is 0.0899. The number of hydrogen-bond donors (Lipinski definition) is 2. The summed E-state index contributed by atoms with van der Waals surface area (Å²) in [7, 11) is -0.787. The van der Waals surface area contributed by atoms with Crippen molar-refractivity contribution in [3.05, 3.63) is 42.5 Å². The molecule has 3 unspecified atom stereocenters. The molecule has 0 aromatic heterocycles. The first-order chi connectivity index (χ1) is 14.9. The maximum Gasteiger partial charge on any atom is 0.265 e. The van der Waals surface area contributed by atoms with Gasteiger partial charge >= 0.3 is 0 Å². The third kappa shape index (κ3) is 7.07. The number of ether oxygens (including phenoxy) is 2. The van der Waals surface area contributed by atoms with Gasteiger partial charge in [0.05, 0.1) is 12.8 Å². The Balaban J connectivity index is 2.25. The van der Waals surface area contributed by atoms with Crippen LogP contribution in [-0.4, -0.2) is 27.0 Å². The van der Waals surface area contributed by atoms with Crippen molar-refractivity contribution in [1.82, 2.24) is 0 Å². The summed E-state index contributed by atoms with van der Waals surface area (Å²) >= 11 is 0. The minimum Gasteiger partial charge on any atom is -0.495 e. The Bertz CT molecular complexity index is 1060. The second-order valence-corrected chi connectivity index (χ2v) is 10.4. The maximum absolute atomic E-state index is 13.7. The summed E-state index contributed by atoms with van der Waals surface area (Å²) in [6, 6.07) is 10.2. The van der Waals surface area contributed by atoms with Gasteiger partial charge in [0.25, 0.3) is 15.6 Å². The zero-order valence-corrected chi connectivity index (χ0v) is 20.8. The zero-order valence-electron chi connectivity index (χ0n) is 18.8. The van der Waals surface area contributed by atoms with E-state index in [2.05, 4.69) is 10.0 Å². The highest BCUT2D eigenvalue weighted by Gasteiger charge is 2.23. The molecule has 2 aromatic rings. The molecule has 0 spiro atoms. The predicted octanol–water partition coefficient (Wildman–Crippen LogP) is 5.01. The fraction of sp³-hybridized carbons (Fsp3) is 0.409. The number of carbonyl (C=O) groups is 1. The van der Waals surface area contributed by atoms with Gasteiger partial charge in [0.2, 0.25) is 5.91 Å². The summed E-state index contributed by atoms with van der Waals surface area (Å²) in [6.07, 6.45) is 0.870. The summed E-state index contributed by atoms with van der Waals surface area (Å²) < 4.78 is 52.4. The highest BCUT2D eigenvalue weighted by molar-refractivity contribution is 7.92. The van der Waals surface area contributed by atoms with E-state index >= 15 is 0 Å². The minimum absolute atomic E-state index is 0.0696. The van der Waals surface area contributed by atoms with E-state index in [1.54, 1.807) is 0 Å². The number of rotatable bonds is 10. The average molecular weight is 485 g/mol. The number of halogens is 1. The first-order valence-corrected chi connectivity index (χ1v) is 12.2. The third-order valence-corrected chi connectivity index (χ3v) is 6.57. The molecule has 0 heterocycles. The van der Waals surface area contributed by atoms with Gasteiger partial charge in [-0.15, -0.1) is 0 Å². The molecule has 7 nitrogen and oxygen atoms in total. The Morgan fingerprint density at radius 3 is 2.47 bits per heavy atom. The fourth-order valence-electron chi connectivity index (χ4n) is 2.90. The topological polar surface area (TPSA) is 93.7 Å². The van der Waals surface area contributed by atoms with Crippen LogP contribution < -0.4 is 19.5 Å². The monoisotopic (exact) mass is 484 g/mol. The van der Waals surface area contributed by atoms with Crippen LogP contribution in [0.3, 0.4) is 0 Å². The lowest BCUT2D eigenvalue weighted by molar-refractivity contribution is -0.120. The van der Waals surface area contributed by atoms with Crippen LogP contribution in [0, 0.1) is 11.8 Å². The van der Waals surface area contributed by atoms with Crippen molar-refractivity contribution >= 4 is 36.5 Å². The van der Waals surface area contributed by atoms with Crippen LogP contribution in [0.4, 0.5) is 15.8 Å². The minimum atomic E-state index is -4.04. The van der Waals surface area contributed by atoms with Crippen LogP contribution in [-0.2, 0) is 14.8 Å². The van der Waals surface area contributed by atoms with Gasteiger partial charge in [-0.3, -0.25) is 9.52 Å². The number of amides is 1. The Labute approximate surface area is 191 Å². The van der Waals surface area contributed by atoms with Crippen LogP contribution in [0.25, 0.3) is 0 Å². The van der Waals surface area contributed by atoms with Gasteiger partial charge in [0.1, 0.15) is 16.4 Å². The van der Waals surface area contributed by atoms with Crippen LogP contribution in [0.5, 0.6) is 11.5 Å². The second-order valence-electron chi connectivity index (χ2n) is 7.75. The number of carbonyl (C=O) groups excluding carboxylic acids is 1. The average Bonchev–Trinajstić information content (AvgIpc) is 2.70. The van der Waals surface area contributed by atoms with Crippen LogP contribution in [0.1, 0.15) is 34.1 Å². The van der Waals surface area contributed by atoms with Crippen molar-refractivity contribution in [2.75, 3.05) is 17.1 Å². The van der Waals surface area contributed by atoms with Gasteiger partial charge in [0.15, 0.2) is 0 Å². The molecule has 0 saturated carbocycles. The SMILES string of the molecule is CCC(C)[C@H](C)C(=O)Nc1ccc(S(=O)(=O)Nc2cccc(OC(C)(F)P)c2)c(OC)c1. The van der Waals surface area contributed by atoms with Gasteiger partial charge in [-0.05, 0) is 30.2 Å². The summed E-state index contributed by atoms with van der Waals surface area (Å²) in [6.45, 7) is 7.08. The maximum atomic E-state index is 13.7. The van der Waals surface area contributed by atoms with Gasteiger partial charge < -0.3 is 14.8 Å². The predicted molar refractivity (Wildman–Crippen MR) is 127 cm³/mol. The molecule has 176 valence electrons. The smallest absolute Gasteiger partial charge is 0.265 e. The number of sulfonamides is 1. The number of alkyl halides is 1. The first kappa shape index (κ1) is 25.9. The number of benzene rings is 2. The molecular formula is C22H30FN2O5PS. The molecule has 0 radical (unpaired) electrons. The highest BCUT2D eigenvalue weighted by Crippen LogP contribution is 2.31. The van der Waals surface area contributed by atoms with E-state index in [0.717, 1.165) is 6.42 Å². The number of hydrogen-bond acceptors (Lipinski definition) is 5. The second kappa shape index (κ2) is 10.5. The molecule has 2 aromatic carbocycles. The molecule has 0 aliphatic carbocycles. The molecule has 2 rings (SSSR count). The van der Waals surface area contributed by atoms with E-state index < -0.39 is 15.6 Å². The summed E-state index contributed by atoms with van der Waals surface area (Å²) in [5.41, 5.74) is -1.37. The van der Waals surface area contributed by atoms with Gasteiger partial charge in [-0.1, -0.05) is 42.5 Å². The Morgan fingerprint density at radius 1 is 1.19 bits per heavy atom. The molecule has 2 N–H and O–H groups in total. The molecule has 0 saturated heterocycles. The van der Waals surface area contributed by atoms with Crippen molar-refractivity contribution in [2.45, 2.75) is 44.6 Å². The quantitative estimate of drug-likeness (QED) is 0.462. The van der Waals surface area contributed by atoms with E-state index in [9.17, 15) is 17.6 Å². The largest absolute Gasteiger partial charge is 0.495 e. The standard InChI is InChI=1S/C22H30FN2O5PS/c1-6-14(2)15(3)21(26)24-16-10-11-20(19(13-16)29-5)32(27,28)25-17-8-7-9-18(12-17)30-22(4,23)31/h7-15,25H,6,31H2,1-5H3,(H,24,26)/t14?,15-,22?/m0/s1. The lowest BCUT2D eigenvalue weighted by Crippen LogP contribution is -2.25. The van der Waals surface area contributed by atoms with Crippen molar-refractivity contribution in [1.29, 1.82) is 0 Å². The fourth-order valence-corrected chi connectivity index (χ4v) is 4.24. The lowest BCUT2D eigenvalue weighted by atomic mass is 9.93. The van der Waals surface area contributed by atoms with Crippen LogP contribution >= 0.6 is 9.24 Å². The third-order valence-electron chi connectivity index (χ3n) is 5.04. The molecule has 0 aliphatic rings. The molecule has 1 amide bonds. The van der Waals surface area contributed by atoms with Crippen molar-refractivity contribution in [3.8, 4) is 11.5 Å². The van der Waals surface area contributed by atoms with E-state index in [4.69, 9.17) is 9.47 Å². The lowest BCUT2D eigenvalue weighted by Gasteiger charge is -2.19. The first-order valence-electron chi connectivity index (χ1n) is 10.1. The normalized spacial score (nSPS) is 15.2. The Morgan fingerprint density at radius 2 is 1.88 bits per heavy atom. The molecule has 4 atom stereocenters. The highest BCUT2D eigenvalue weighted by atomic mass is 32.2.